The number of carbonyl (C=O) groups is 2. The van der Waals surface area contributed by atoms with Crippen molar-refractivity contribution < 1.29 is 14.7 Å². The zero-order valence-electron chi connectivity index (χ0n) is 12.3. The van der Waals surface area contributed by atoms with Gasteiger partial charge in [-0.1, -0.05) is 6.92 Å². The van der Waals surface area contributed by atoms with Crippen LogP contribution in [0.1, 0.15) is 42.4 Å². The molecule has 116 valence electrons. The third-order valence-electron chi connectivity index (χ3n) is 3.78. The SMILES string of the molecule is CCc1ccc(CNC(=O)N2CCCCC2CC(=O)O)s1. The van der Waals surface area contributed by atoms with Gasteiger partial charge in [0.2, 0.25) is 0 Å². The summed E-state index contributed by atoms with van der Waals surface area (Å²) in [6.45, 7) is 3.27. The summed E-state index contributed by atoms with van der Waals surface area (Å²) < 4.78 is 0. The highest BCUT2D eigenvalue weighted by molar-refractivity contribution is 7.11. The van der Waals surface area contributed by atoms with Gasteiger partial charge >= 0.3 is 12.0 Å². The number of nitrogens with one attached hydrogen (secondary N) is 1. The van der Waals surface area contributed by atoms with Gasteiger partial charge in [0, 0.05) is 22.3 Å². The van der Waals surface area contributed by atoms with Gasteiger partial charge in [-0.25, -0.2) is 4.79 Å². The fourth-order valence-corrected chi connectivity index (χ4v) is 3.55. The lowest BCUT2D eigenvalue weighted by atomic mass is 10.00. The fraction of sp³-hybridized carbons (Fsp3) is 0.600. The van der Waals surface area contributed by atoms with Crippen LogP contribution in [0.4, 0.5) is 4.79 Å². The topological polar surface area (TPSA) is 69.6 Å². The molecule has 1 aliphatic heterocycles. The van der Waals surface area contributed by atoms with Crippen molar-refractivity contribution in [3.8, 4) is 0 Å². The average Bonchev–Trinajstić information content (AvgIpc) is 2.93. The maximum absolute atomic E-state index is 12.3. The van der Waals surface area contributed by atoms with Crippen molar-refractivity contribution in [1.29, 1.82) is 0 Å². The number of nitrogens with zero attached hydrogens (tertiary/aromatic N) is 1. The lowest BCUT2D eigenvalue weighted by Crippen LogP contribution is -2.49. The Morgan fingerprint density at radius 2 is 2.14 bits per heavy atom. The van der Waals surface area contributed by atoms with Gasteiger partial charge in [-0.3, -0.25) is 4.79 Å². The zero-order valence-corrected chi connectivity index (χ0v) is 13.1. The summed E-state index contributed by atoms with van der Waals surface area (Å²) in [5.74, 6) is -0.842. The summed E-state index contributed by atoms with van der Waals surface area (Å²) in [6.07, 6.45) is 3.76. The number of thiophene rings is 1. The number of aryl methyl sites for hydroxylation is 1. The predicted molar refractivity (Wildman–Crippen MR) is 82.5 cm³/mol. The van der Waals surface area contributed by atoms with Crippen LogP contribution in [0.3, 0.4) is 0 Å². The summed E-state index contributed by atoms with van der Waals surface area (Å²) in [5, 5.41) is 11.9. The quantitative estimate of drug-likeness (QED) is 0.878. The van der Waals surface area contributed by atoms with Crippen molar-refractivity contribution in [3.63, 3.8) is 0 Å². The smallest absolute Gasteiger partial charge is 0.317 e. The van der Waals surface area contributed by atoms with Gasteiger partial charge in [-0.2, -0.15) is 0 Å². The number of rotatable bonds is 5. The summed E-state index contributed by atoms with van der Waals surface area (Å²) in [6, 6.07) is 3.80. The summed E-state index contributed by atoms with van der Waals surface area (Å²) >= 11 is 1.71. The van der Waals surface area contributed by atoms with E-state index >= 15 is 0 Å². The maximum Gasteiger partial charge on any atom is 0.317 e. The minimum Gasteiger partial charge on any atom is -0.481 e. The van der Waals surface area contributed by atoms with Crippen molar-refractivity contribution in [3.05, 3.63) is 21.9 Å². The van der Waals surface area contributed by atoms with E-state index in [0.29, 0.717) is 13.1 Å². The Hall–Kier alpha value is -1.56. The molecule has 2 amide bonds. The minimum atomic E-state index is -0.842. The van der Waals surface area contributed by atoms with E-state index in [1.165, 1.54) is 4.88 Å². The summed E-state index contributed by atoms with van der Waals surface area (Å²) in [7, 11) is 0. The van der Waals surface area contributed by atoms with E-state index in [-0.39, 0.29) is 18.5 Å². The third kappa shape index (κ3) is 4.46. The van der Waals surface area contributed by atoms with Crippen LogP contribution in [-0.4, -0.2) is 34.6 Å². The van der Waals surface area contributed by atoms with Crippen LogP contribution in [0.15, 0.2) is 12.1 Å². The average molecular weight is 310 g/mol. The van der Waals surface area contributed by atoms with Crippen LogP contribution in [0, 0.1) is 0 Å². The molecule has 0 radical (unpaired) electrons. The number of hydrogen-bond donors (Lipinski definition) is 2. The maximum atomic E-state index is 12.3. The van der Waals surface area contributed by atoms with Crippen LogP contribution >= 0.6 is 11.3 Å². The molecule has 1 aromatic heterocycles. The second-order valence-electron chi connectivity index (χ2n) is 5.32. The number of urea groups is 1. The number of hydrogen-bond acceptors (Lipinski definition) is 3. The second kappa shape index (κ2) is 7.45. The number of carboxylic acid groups (broad SMARTS) is 1. The normalized spacial score (nSPS) is 18.5. The molecule has 5 nitrogen and oxygen atoms in total. The van der Waals surface area contributed by atoms with Crippen molar-refractivity contribution in [2.24, 2.45) is 0 Å². The summed E-state index contributed by atoms with van der Waals surface area (Å²) in [5.41, 5.74) is 0. The third-order valence-corrected chi connectivity index (χ3v) is 5.01. The van der Waals surface area contributed by atoms with Crippen molar-refractivity contribution in [2.45, 2.75) is 51.6 Å². The van der Waals surface area contributed by atoms with Crippen LogP contribution in [0.2, 0.25) is 0 Å². The van der Waals surface area contributed by atoms with E-state index in [0.717, 1.165) is 30.6 Å². The molecule has 0 aromatic carbocycles. The van der Waals surface area contributed by atoms with Crippen molar-refractivity contribution >= 4 is 23.3 Å². The molecule has 2 N–H and O–H groups in total. The number of amides is 2. The molecule has 1 atom stereocenters. The molecule has 6 heteroatoms. The molecule has 1 saturated heterocycles. The van der Waals surface area contributed by atoms with Crippen LogP contribution in [0.5, 0.6) is 0 Å². The highest BCUT2D eigenvalue weighted by atomic mass is 32.1. The molecule has 1 fully saturated rings. The van der Waals surface area contributed by atoms with Gasteiger partial charge in [0.1, 0.15) is 0 Å². The van der Waals surface area contributed by atoms with E-state index in [2.05, 4.69) is 18.3 Å². The lowest BCUT2D eigenvalue weighted by molar-refractivity contribution is -0.138. The molecule has 1 aliphatic rings. The van der Waals surface area contributed by atoms with Crippen molar-refractivity contribution in [2.75, 3.05) is 6.54 Å². The van der Waals surface area contributed by atoms with Crippen LogP contribution in [-0.2, 0) is 17.8 Å². The molecule has 21 heavy (non-hydrogen) atoms. The van der Waals surface area contributed by atoms with Gasteiger partial charge < -0.3 is 15.3 Å². The Labute approximate surface area is 129 Å². The molecule has 0 aliphatic carbocycles. The largest absolute Gasteiger partial charge is 0.481 e. The number of likely N-dealkylation sites (tertiary alicyclic amines) is 1. The first-order valence-electron chi connectivity index (χ1n) is 7.44. The monoisotopic (exact) mass is 310 g/mol. The predicted octanol–water partition coefficient (Wildman–Crippen LogP) is 2.85. The van der Waals surface area contributed by atoms with E-state index < -0.39 is 5.97 Å². The van der Waals surface area contributed by atoms with E-state index in [1.54, 1.807) is 16.2 Å². The van der Waals surface area contributed by atoms with Gasteiger partial charge in [-0.15, -0.1) is 11.3 Å². The lowest BCUT2D eigenvalue weighted by Gasteiger charge is -2.34. The Morgan fingerprint density at radius 1 is 1.38 bits per heavy atom. The standard InChI is InChI=1S/C15H22N2O3S/c1-2-12-6-7-13(21-12)10-16-15(20)17-8-4-3-5-11(17)9-14(18)19/h6-7,11H,2-5,8-10H2,1H3,(H,16,20)(H,18,19). The molecule has 1 unspecified atom stereocenters. The number of piperidine rings is 1. The minimum absolute atomic E-state index is 0.0341. The molecular formula is C15H22N2O3S. The first-order valence-corrected chi connectivity index (χ1v) is 8.25. The Bertz CT molecular complexity index is 501. The number of aliphatic carboxylic acids is 1. The molecule has 2 heterocycles. The molecule has 2 rings (SSSR count). The van der Waals surface area contributed by atoms with Gasteiger partial charge in [0.05, 0.1) is 13.0 Å². The molecule has 0 spiro atoms. The van der Waals surface area contributed by atoms with Gasteiger partial charge in [0.15, 0.2) is 0 Å². The molecule has 1 aromatic rings. The first kappa shape index (κ1) is 15.8. The van der Waals surface area contributed by atoms with Crippen LogP contribution in [0.25, 0.3) is 0 Å². The number of carbonyl (C=O) groups excluding carboxylic acids is 1. The van der Waals surface area contributed by atoms with E-state index in [4.69, 9.17) is 5.11 Å². The summed E-state index contributed by atoms with van der Waals surface area (Å²) in [4.78, 5) is 27.3. The Kier molecular flexibility index (Phi) is 5.61. The van der Waals surface area contributed by atoms with E-state index in [1.807, 2.05) is 6.07 Å². The van der Waals surface area contributed by atoms with Crippen LogP contribution < -0.4 is 5.32 Å². The zero-order chi connectivity index (χ0) is 15.2. The first-order chi connectivity index (χ1) is 10.1. The second-order valence-corrected chi connectivity index (χ2v) is 6.57. The van der Waals surface area contributed by atoms with Gasteiger partial charge in [0.25, 0.3) is 0 Å². The molecule has 0 bridgehead atoms. The molecular weight excluding hydrogens is 288 g/mol. The Balaban J connectivity index is 1.89. The van der Waals surface area contributed by atoms with Gasteiger partial charge in [-0.05, 0) is 37.8 Å². The Morgan fingerprint density at radius 3 is 2.81 bits per heavy atom. The fourth-order valence-electron chi connectivity index (χ4n) is 2.65. The molecule has 0 saturated carbocycles. The highest BCUT2D eigenvalue weighted by Crippen LogP contribution is 2.20. The highest BCUT2D eigenvalue weighted by Gasteiger charge is 2.28. The van der Waals surface area contributed by atoms with E-state index in [9.17, 15) is 9.59 Å². The number of carboxylic acids is 1. The van der Waals surface area contributed by atoms with Crippen molar-refractivity contribution in [1.82, 2.24) is 10.2 Å².